The van der Waals surface area contributed by atoms with E-state index in [0.717, 1.165) is 18.8 Å². The number of likely N-dealkylation sites (tertiary alicyclic amines) is 1. The standard InChI is InChI=1S/C18H23N3O3/c1-2-6-14(7-3-1)12-16-19-17(24-20-16)13-21-9-5-4-8-15(21)18-22-10-11-23-18/h1-3,6-7,15,18H,4-5,8-13H2/t15-/m1/s1. The van der Waals surface area contributed by atoms with Crippen LogP contribution in [0.5, 0.6) is 0 Å². The summed E-state index contributed by atoms with van der Waals surface area (Å²) in [7, 11) is 0. The van der Waals surface area contributed by atoms with Crippen LogP contribution >= 0.6 is 0 Å². The first-order valence-electron chi connectivity index (χ1n) is 8.71. The molecule has 2 aromatic rings. The van der Waals surface area contributed by atoms with Gasteiger partial charge in [0.05, 0.1) is 25.8 Å². The predicted octanol–water partition coefficient (Wildman–Crippen LogP) is 2.39. The summed E-state index contributed by atoms with van der Waals surface area (Å²) in [5.41, 5.74) is 1.19. The number of ether oxygens (including phenoxy) is 2. The summed E-state index contributed by atoms with van der Waals surface area (Å²) in [6.45, 7) is 3.06. The van der Waals surface area contributed by atoms with Crippen molar-refractivity contribution in [1.29, 1.82) is 0 Å². The molecule has 6 heteroatoms. The number of hydrogen-bond acceptors (Lipinski definition) is 6. The van der Waals surface area contributed by atoms with Gasteiger partial charge in [0.25, 0.3) is 0 Å². The smallest absolute Gasteiger partial charge is 0.240 e. The van der Waals surface area contributed by atoms with Crippen LogP contribution in [0, 0.1) is 0 Å². The van der Waals surface area contributed by atoms with Gasteiger partial charge in [-0.25, -0.2) is 0 Å². The van der Waals surface area contributed by atoms with E-state index in [4.69, 9.17) is 14.0 Å². The third-order valence-corrected chi connectivity index (χ3v) is 4.68. The lowest BCUT2D eigenvalue weighted by Gasteiger charge is -2.36. The van der Waals surface area contributed by atoms with Crippen molar-refractivity contribution >= 4 is 0 Å². The lowest BCUT2D eigenvalue weighted by Crippen LogP contribution is -2.46. The normalized spacial score (nSPS) is 22.9. The highest BCUT2D eigenvalue weighted by molar-refractivity contribution is 5.18. The van der Waals surface area contributed by atoms with Crippen molar-refractivity contribution in [2.24, 2.45) is 0 Å². The fraction of sp³-hybridized carbons (Fsp3) is 0.556. The van der Waals surface area contributed by atoms with Crippen LogP contribution in [0.1, 0.15) is 36.5 Å². The monoisotopic (exact) mass is 329 g/mol. The third kappa shape index (κ3) is 3.66. The maximum Gasteiger partial charge on any atom is 0.240 e. The Morgan fingerprint density at radius 3 is 2.75 bits per heavy atom. The molecule has 2 saturated heterocycles. The number of aromatic nitrogens is 2. The van der Waals surface area contributed by atoms with Crippen LogP contribution in [0.4, 0.5) is 0 Å². The third-order valence-electron chi connectivity index (χ3n) is 4.68. The largest absolute Gasteiger partial charge is 0.349 e. The van der Waals surface area contributed by atoms with Gasteiger partial charge in [0.2, 0.25) is 5.89 Å². The molecular formula is C18H23N3O3. The second-order valence-corrected chi connectivity index (χ2v) is 6.41. The van der Waals surface area contributed by atoms with E-state index in [9.17, 15) is 0 Å². The van der Waals surface area contributed by atoms with Gasteiger partial charge in [-0.1, -0.05) is 41.9 Å². The first kappa shape index (κ1) is 15.7. The van der Waals surface area contributed by atoms with E-state index in [1.54, 1.807) is 0 Å². The molecule has 2 fully saturated rings. The topological polar surface area (TPSA) is 60.6 Å². The quantitative estimate of drug-likeness (QED) is 0.839. The Hall–Kier alpha value is -1.76. The molecule has 0 bridgehead atoms. The zero-order valence-corrected chi connectivity index (χ0v) is 13.8. The van der Waals surface area contributed by atoms with Crippen molar-refractivity contribution in [3.8, 4) is 0 Å². The molecule has 3 heterocycles. The average molecular weight is 329 g/mol. The first-order valence-corrected chi connectivity index (χ1v) is 8.71. The van der Waals surface area contributed by atoms with Gasteiger partial charge in [-0.15, -0.1) is 0 Å². The van der Waals surface area contributed by atoms with Gasteiger partial charge in [0.15, 0.2) is 12.1 Å². The Kier molecular flexibility index (Phi) is 4.87. The zero-order valence-electron chi connectivity index (χ0n) is 13.8. The highest BCUT2D eigenvalue weighted by Gasteiger charge is 2.34. The predicted molar refractivity (Wildman–Crippen MR) is 87.3 cm³/mol. The summed E-state index contributed by atoms with van der Waals surface area (Å²) in [6, 6.07) is 10.5. The van der Waals surface area contributed by atoms with Crippen molar-refractivity contribution in [3.63, 3.8) is 0 Å². The molecule has 0 spiro atoms. The first-order chi connectivity index (χ1) is 11.9. The van der Waals surface area contributed by atoms with Crippen LogP contribution in [0.3, 0.4) is 0 Å². The van der Waals surface area contributed by atoms with Gasteiger partial charge >= 0.3 is 0 Å². The number of nitrogens with zero attached hydrogens (tertiary/aromatic N) is 3. The molecule has 6 nitrogen and oxygen atoms in total. The van der Waals surface area contributed by atoms with E-state index < -0.39 is 0 Å². The fourth-order valence-electron chi connectivity index (χ4n) is 3.50. The SMILES string of the molecule is c1ccc(Cc2noc(CN3CCCC[C@@H]3C3OCCO3)n2)cc1. The molecule has 1 aromatic carbocycles. The van der Waals surface area contributed by atoms with E-state index in [1.807, 2.05) is 18.2 Å². The fourth-order valence-corrected chi connectivity index (χ4v) is 3.50. The Bertz CT molecular complexity index is 640. The minimum absolute atomic E-state index is 0.114. The van der Waals surface area contributed by atoms with Crippen LogP contribution in [0.2, 0.25) is 0 Å². The van der Waals surface area contributed by atoms with E-state index in [0.29, 0.717) is 32.1 Å². The molecule has 0 N–H and O–H groups in total. The zero-order chi connectivity index (χ0) is 16.2. The number of benzene rings is 1. The molecular weight excluding hydrogens is 306 g/mol. The summed E-state index contributed by atoms with van der Waals surface area (Å²) in [5.74, 6) is 1.41. The summed E-state index contributed by atoms with van der Waals surface area (Å²) in [5, 5.41) is 4.12. The summed E-state index contributed by atoms with van der Waals surface area (Å²) < 4.78 is 16.9. The average Bonchev–Trinajstić information content (AvgIpc) is 3.29. The molecule has 1 aromatic heterocycles. The van der Waals surface area contributed by atoms with Gasteiger partial charge in [-0.05, 0) is 24.9 Å². The Morgan fingerprint density at radius 2 is 1.92 bits per heavy atom. The molecule has 2 aliphatic rings. The number of rotatable bonds is 5. The highest BCUT2D eigenvalue weighted by atomic mass is 16.7. The van der Waals surface area contributed by atoms with E-state index in [2.05, 4.69) is 27.2 Å². The molecule has 24 heavy (non-hydrogen) atoms. The molecule has 0 unspecified atom stereocenters. The van der Waals surface area contributed by atoms with Crippen molar-refractivity contribution in [2.75, 3.05) is 19.8 Å². The van der Waals surface area contributed by atoms with E-state index in [-0.39, 0.29) is 12.3 Å². The Morgan fingerprint density at radius 1 is 1.08 bits per heavy atom. The maximum atomic E-state index is 5.71. The van der Waals surface area contributed by atoms with Crippen molar-refractivity contribution < 1.29 is 14.0 Å². The molecule has 2 aliphatic heterocycles. The van der Waals surface area contributed by atoms with Gasteiger partial charge < -0.3 is 14.0 Å². The van der Waals surface area contributed by atoms with E-state index >= 15 is 0 Å². The van der Waals surface area contributed by atoms with Gasteiger partial charge in [0.1, 0.15) is 0 Å². The molecule has 4 rings (SSSR count). The van der Waals surface area contributed by atoms with Crippen LogP contribution in [0.15, 0.2) is 34.9 Å². The molecule has 0 radical (unpaired) electrons. The van der Waals surface area contributed by atoms with Crippen LogP contribution < -0.4 is 0 Å². The van der Waals surface area contributed by atoms with Gasteiger partial charge in [-0.2, -0.15) is 4.98 Å². The summed E-state index contributed by atoms with van der Waals surface area (Å²) in [6.07, 6.45) is 4.08. The lowest BCUT2D eigenvalue weighted by atomic mass is 10.0. The van der Waals surface area contributed by atoms with Gasteiger partial charge in [0, 0.05) is 6.42 Å². The maximum absolute atomic E-state index is 5.71. The minimum Gasteiger partial charge on any atom is -0.349 e. The van der Waals surface area contributed by atoms with Crippen LogP contribution in [0.25, 0.3) is 0 Å². The van der Waals surface area contributed by atoms with E-state index in [1.165, 1.54) is 18.4 Å². The molecule has 1 atom stereocenters. The number of hydrogen-bond donors (Lipinski definition) is 0. The highest BCUT2D eigenvalue weighted by Crippen LogP contribution is 2.25. The number of piperidine rings is 1. The lowest BCUT2D eigenvalue weighted by molar-refractivity contribution is -0.112. The Balaban J connectivity index is 1.40. The second kappa shape index (κ2) is 7.42. The molecule has 0 saturated carbocycles. The van der Waals surface area contributed by atoms with Crippen molar-refractivity contribution in [2.45, 2.75) is 44.6 Å². The molecule has 0 amide bonds. The second-order valence-electron chi connectivity index (χ2n) is 6.41. The summed E-state index contributed by atoms with van der Waals surface area (Å²) >= 11 is 0. The van der Waals surface area contributed by atoms with Crippen molar-refractivity contribution in [1.82, 2.24) is 15.0 Å². The summed E-state index contributed by atoms with van der Waals surface area (Å²) in [4.78, 5) is 6.92. The van der Waals surface area contributed by atoms with Gasteiger partial charge in [-0.3, -0.25) is 4.90 Å². The van der Waals surface area contributed by atoms with Crippen LogP contribution in [-0.4, -0.2) is 47.1 Å². The van der Waals surface area contributed by atoms with Crippen molar-refractivity contribution in [3.05, 3.63) is 47.6 Å². The minimum atomic E-state index is -0.114. The Labute approximate surface area is 141 Å². The molecule has 0 aliphatic carbocycles. The molecule has 128 valence electrons. The van der Waals surface area contributed by atoms with Crippen LogP contribution in [-0.2, 0) is 22.4 Å².